The largest absolute Gasteiger partial charge is 0.438 e. The highest BCUT2D eigenvalue weighted by Crippen LogP contribution is 2.27. The summed E-state index contributed by atoms with van der Waals surface area (Å²) in [5, 5.41) is 7.65. The minimum atomic E-state index is -0.515. The first-order valence-electron chi connectivity index (χ1n) is 10.2. The SMILES string of the molecule is Cc1cc(=O)n(-c2cccc(F)c2)nc1C(=O)Nc1ccc(Oc2ncnc3[nH]ccc23)cc1. The highest BCUT2D eigenvalue weighted by Gasteiger charge is 2.16. The molecule has 10 heteroatoms. The van der Waals surface area contributed by atoms with Gasteiger partial charge in [-0.3, -0.25) is 9.59 Å². The molecule has 0 saturated carbocycles. The number of halogens is 1. The van der Waals surface area contributed by atoms with Gasteiger partial charge in [0.05, 0.1) is 11.1 Å². The summed E-state index contributed by atoms with van der Waals surface area (Å²) in [6.45, 7) is 1.61. The molecule has 3 aromatic heterocycles. The Morgan fingerprint density at radius 2 is 1.91 bits per heavy atom. The Hall–Kier alpha value is -4.86. The number of fused-ring (bicyclic) bond motifs is 1. The fourth-order valence-corrected chi connectivity index (χ4v) is 3.40. The van der Waals surface area contributed by atoms with Gasteiger partial charge in [0, 0.05) is 18.0 Å². The van der Waals surface area contributed by atoms with Crippen LogP contribution in [0.25, 0.3) is 16.7 Å². The Balaban J connectivity index is 1.36. The van der Waals surface area contributed by atoms with E-state index in [4.69, 9.17) is 4.74 Å². The number of carbonyl (C=O) groups is 1. The second kappa shape index (κ2) is 8.58. The molecule has 1 amide bonds. The number of H-pyrrole nitrogens is 1. The number of ether oxygens (including phenoxy) is 1. The smallest absolute Gasteiger partial charge is 0.276 e. The van der Waals surface area contributed by atoms with Crippen molar-refractivity contribution in [2.45, 2.75) is 6.92 Å². The third-order valence-electron chi connectivity index (χ3n) is 5.03. The molecule has 0 aliphatic carbocycles. The molecule has 0 aliphatic rings. The van der Waals surface area contributed by atoms with Crippen LogP contribution in [0.15, 0.2) is 78.0 Å². The Morgan fingerprint density at radius 3 is 2.71 bits per heavy atom. The number of carbonyl (C=O) groups excluding carboxylic acids is 1. The van der Waals surface area contributed by atoms with Gasteiger partial charge < -0.3 is 15.0 Å². The highest BCUT2D eigenvalue weighted by atomic mass is 19.1. The van der Waals surface area contributed by atoms with E-state index in [1.165, 1.54) is 36.7 Å². The van der Waals surface area contributed by atoms with Crippen molar-refractivity contribution in [1.29, 1.82) is 0 Å². The van der Waals surface area contributed by atoms with E-state index in [0.717, 1.165) is 10.1 Å². The van der Waals surface area contributed by atoms with Gasteiger partial charge in [0.25, 0.3) is 11.5 Å². The Labute approximate surface area is 191 Å². The van der Waals surface area contributed by atoms with Gasteiger partial charge in [0.2, 0.25) is 5.88 Å². The number of hydrogen-bond donors (Lipinski definition) is 2. The Kier molecular flexibility index (Phi) is 5.30. The maximum Gasteiger partial charge on any atom is 0.276 e. The summed E-state index contributed by atoms with van der Waals surface area (Å²) < 4.78 is 20.4. The number of aryl methyl sites for hydroxylation is 1. The van der Waals surface area contributed by atoms with Crippen LogP contribution in [0.1, 0.15) is 16.1 Å². The molecule has 0 aliphatic heterocycles. The monoisotopic (exact) mass is 456 g/mol. The fraction of sp³-hybridized carbons (Fsp3) is 0.0417. The van der Waals surface area contributed by atoms with Crippen LogP contribution in [-0.2, 0) is 0 Å². The lowest BCUT2D eigenvalue weighted by atomic mass is 10.2. The van der Waals surface area contributed by atoms with Crippen LogP contribution in [0.2, 0.25) is 0 Å². The minimum Gasteiger partial charge on any atom is -0.438 e. The zero-order valence-corrected chi connectivity index (χ0v) is 17.8. The van der Waals surface area contributed by atoms with E-state index in [-0.39, 0.29) is 11.4 Å². The number of aromatic amines is 1. The second-order valence-corrected chi connectivity index (χ2v) is 7.41. The van der Waals surface area contributed by atoms with E-state index in [1.54, 1.807) is 37.4 Å². The summed E-state index contributed by atoms with van der Waals surface area (Å²) in [4.78, 5) is 36.5. The van der Waals surface area contributed by atoms with Crippen molar-refractivity contribution in [2.75, 3.05) is 5.32 Å². The summed E-state index contributed by atoms with van der Waals surface area (Å²) in [5.41, 5.74) is 1.35. The van der Waals surface area contributed by atoms with Gasteiger partial charge in [-0.05, 0) is 61.0 Å². The van der Waals surface area contributed by atoms with E-state index >= 15 is 0 Å². The van der Waals surface area contributed by atoms with Crippen LogP contribution in [-0.4, -0.2) is 30.6 Å². The molecule has 0 saturated heterocycles. The summed E-state index contributed by atoms with van der Waals surface area (Å²) in [6.07, 6.45) is 3.15. The summed E-state index contributed by atoms with van der Waals surface area (Å²) in [7, 11) is 0. The van der Waals surface area contributed by atoms with Crippen LogP contribution < -0.4 is 15.6 Å². The van der Waals surface area contributed by atoms with Crippen molar-refractivity contribution in [3.8, 4) is 17.3 Å². The van der Waals surface area contributed by atoms with Crippen LogP contribution in [0.3, 0.4) is 0 Å². The molecule has 34 heavy (non-hydrogen) atoms. The van der Waals surface area contributed by atoms with Crippen molar-refractivity contribution in [3.05, 3.63) is 101 Å². The number of anilines is 1. The first-order chi connectivity index (χ1) is 16.5. The van der Waals surface area contributed by atoms with E-state index in [1.807, 2.05) is 6.07 Å². The number of nitrogens with zero attached hydrogens (tertiary/aromatic N) is 4. The molecule has 168 valence electrons. The number of rotatable bonds is 5. The van der Waals surface area contributed by atoms with Gasteiger partial charge in [-0.25, -0.2) is 14.4 Å². The van der Waals surface area contributed by atoms with E-state index in [0.29, 0.717) is 28.5 Å². The fourth-order valence-electron chi connectivity index (χ4n) is 3.40. The molecular weight excluding hydrogens is 439 g/mol. The maximum atomic E-state index is 13.6. The minimum absolute atomic E-state index is 0.0417. The molecule has 2 N–H and O–H groups in total. The summed E-state index contributed by atoms with van der Waals surface area (Å²) in [6, 6.07) is 15.2. The summed E-state index contributed by atoms with van der Waals surface area (Å²) in [5.74, 6) is -0.101. The average Bonchev–Trinajstić information content (AvgIpc) is 3.30. The first kappa shape index (κ1) is 21.0. The van der Waals surface area contributed by atoms with Crippen LogP contribution in [0, 0.1) is 12.7 Å². The lowest BCUT2D eigenvalue weighted by Gasteiger charge is -2.11. The molecule has 0 atom stereocenters. The third kappa shape index (κ3) is 4.11. The van der Waals surface area contributed by atoms with Crippen molar-refractivity contribution in [3.63, 3.8) is 0 Å². The maximum absolute atomic E-state index is 13.6. The quantitative estimate of drug-likeness (QED) is 0.413. The average molecular weight is 456 g/mol. The number of aromatic nitrogens is 5. The van der Waals surface area contributed by atoms with Crippen LogP contribution >= 0.6 is 0 Å². The second-order valence-electron chi connectivity index (χ2n) is 7.41. The predicted octanol–water partition coefficient (Wildman–Crippen LogP) is 4.00. The first-order valence-corrected chi connectivity index (χ1v) is 10.2. The molecule has 0 bridgehead atoms. The van der Waals surface area contributed by atoms with Gasteiger partial charge in [-0.15, -0.1) is 0 Å². The number of nitrogens with one attached hydrogen (secondary N) is 2. The van der Waals surface area contributed by atoms with Crippen molar-refractivity contribution >= 4 is 22.6 Å². The van der Waals surface area contributed by atoms with Crippen LogP contribution in [0.4, 0.5) is 10.1 Å². The van der Waals surface area contributed by atoms with Gasteiger partial charge in [0.15, 0.2) is 5.69 Å². The number of amides is 1. The Bertz CT molecular complexity index is 1580. The van der Waals surface area contributed by atoms with E-state index < -0.39 is 17.3 Å². The molecular formula is C24H17FN6O3. The normalized spacial score (nSPS) is 10.9. The van der Waals surface area contributed by atoms with E-state index in [2.05, 4.69) is 25.4 Å². The lowest BCUT2D eigenvalue weighted by Crippen LogP contribution is -2.26. The topological polar surface area (TPSA) is 115 Å². The highest BCUT2D eigenvalue weighted by molar-refractivity contribution is 6.03. The predicted molar refractivity (Wildman–Crippen MR) is 123 cm³/mol. The standard InChI is InChI=1S/C24H17FN6O3/c1-14-11-20(32)31(17-4-2-3-15(25)12-17)30-21(14)23(33)29-16-5-7-18(8-6-16)34-24-19-9-10-26-22(19)27-13-28-24/h2-13H,1H3,(H,29,33)(H,26,27,28). The molecule has 9 nitrogen and oxygen atoms in total. The Morgan fingerprint density at radius 1 is 1.09 bits per heavy atom. The zero-order valence-electron chi connectivity index (χ0n) is 17.8. The molecule has 0 radical (unpaired) electrons. The molecule has 2 aromatic carbocycles. The molecule has 0 fully saturated rings. The third-order valence-corrected chi connectivity index (χ3v) is 5.03. The van der Waals surface area contributed by atoms with Gasteiger partial charge in [-0.2, -0.15) is 9.78 Å². The summed E-state index contributed by atoms with van der Waals surface area (Å²) >= 11 is 0. The van der Waals surface area contributed by atoms with Crippen molar-refractivity contribution in [2.24, 2.45) is 0 Å². The molecule has 5 rings (SSSR count). The van der Waals surface area contributed by atoms with Crippen LogP contribution in [0.5, 0.6) is 11.6 Å². The number of benzene rings is 2. The van der Waals surface area contributed by atoms with E-state index in [9.17, 15) is 14.0 Å². The molecule has 3 heterocycles. The molecule has 0 spiro atoms. The molecule has 0 unspecified atom stereocenters. The van der Waals surface area contributed by atoms with Gasteiger partial charge in [-0.1, -0.05) is 6.07 Å². The van der Waals surface area contributed by atoms with Gasteiger partial charge >= 0.3 is 0 Å². The van der Waals surface area contributed by atoms with Crippen molar-refractivity contribution < 1.29 is 13.9 Å². The molecule has 5 aromatic rings. The van der Waals surface area contributed by atoms with Gasteiger partial charge in [0.1, 0.15) is 23.5 Å². The number of hydrogen-bond acceptors (Lipinski definition) is 6. The zero-order chi connectivity index (χ0) is 23.7. The van der Waals surface area contributed by atoms with Crippen molar-refractivity contribution in [1.82, 2.24) is 24.7 Å². The lowest BCUT2D eigenvalue weighted by molar-refractivity contribution is 0.102.